The zero-order chi connectivity index (χ0) is 15.8. The molecule has 1 rings (SSSR count). The molecule has 0 spiro atoms. The number of carboxylic acid groups (broad SMARTS) is 1. The van der Waals surface area contributed by atoms with Crippen LogP contribution in [-0.2, 0) is 16.0 Å². The second-order valence-corrected chi connectivity index (χ2v) is 4.98. The van der Waals surface area contributed by atoms with Crippen LogP contribution >= 0.6 is 0 Å². The van der Waals surface area contributed by atoms with Crippen molar-refractivity contribution >= 4 is 11.9 Å². The van der Waals surface area contributed by atoms with Crippen LogP contribution in [0.1, 0.15) is 31.7 Å². The predicted molar refractivity (Wildman–Crippen MR) is 73.7 cm³/mol. The number of rotatable bonds is 8. The molecule has 0 aromatic heterocycles. The van der Waals surface area contributed by atoms with E-state index in [-0.39, 0.29) is 12.3 Å². The quantitative estimate of drug-likeness (QED) is 0.725. The van der Waals surface area contributed by atoms with Crippen LogP contribution in [0.2, 0.25) is 0 Å². The summed E-state index contributed by atoms with van der Waals surface area (Å²) in [6.45, 7) is 2.03. The van der Waals surface area contributed by atoms with Crippen LogP contribution in [0.25, 0.3) is 0 Å². The summed E-state index contributed by atoms with van der Waals surface area (Å²) in [5.41, 5.74) is 0.559. The van der Waals surface area contributed by atoms with E-state index < -0.39 is 23.5 Å². The van der Waals surface area contributed by atoms with Crippen LogP contribution in [0.5, 0.6) is 0 Å². The average Bonchev–Trinajstić information content (AvgIpc) is 2.44. The van der Waals surface area contributed by atoms with Gasteiger partial charge in [-0.2, -0.15) is 0 Å². The van der Waals surface area contributed by atoms with Gasteiger partial charge in [-0.15, -0.1) is 0 Å². The lowest BCUT2D eigenvalue weighted by atomic mass is 10.1. The lowest BCUT2D eigenvalue weighted by Gasteiger charge is -2.07. The van der Waals surface area contributed by atoms with Crippen LogP contribution in [-0.4, -0.2) is 23.5 Å². The molecule has 0 fully saturated rings. The third-order valence-electron chi connectivity index (χ3n) is 3.18. The monoisotopic (exact) mass is 299 g/mol. The number of aliphatic carboxylic acids is 1. The fourth-order valence-electron chi connectivity index (χ4n) is 1.80. The van der Waals surface area contributed by atoms with Crippen LogP contribution in [0, 0.1) is 17.6 Å². The molecule has 0 radical (unpaired) electrons. The Balaban J connectivity index is 2.22. The van der Waals surface area contributed by atoms with Crippen molar-refractivity contribution in [3.8, 4) is 0 Å². The molecular formula is C15H19F2NO3. The largest absolute Gasteiger partial charge is 0.481 e. The SMILES string of the molecule is CC(CCCNC(=O)CCc1ccc(F)c(F)c1)C(=O)O. The number of benzene rings is 1. The highest BCUT2D eigenvalue weighted by atomic mass is 19.2. The molecule has 1 aromatic carbocycles. The number of amides is 1. The molecule has 0 bridgehead atoms. The van der Waals surface area contributed by atoms with Crippen LogP contribution in [0.3, 0.4) is 0 Å². The van der Waals surface area contributed by atoms with E-state index >= 15 is 0 Å². The van der Waals surface area contributed by atoms with Gasteiger partial charge in [0.1, 0.15) is 0 Å². The summed E-state index contributed by atoms with van der Waals surface area (Å²) in [5.74, 6) is -3.29. The molecule has 2 N–H and O–H groups in total. The summed E-state index contributed by atoms with van der Waals surface area (Å²) in [6, 6.07) is 3.56. The third-order valence-corrected chi connectivity index (χ3v) is 3.18. The van der Waals surface area contributed by atoms with Gasteiger partial charge in [-0.25, -0.2) is 8.78 Å². The number of carbonyl (C=O) groups is 2. The highest BCUT2D eigenvalue weighted by Crippen LogP contribution is 2.10. The van der Waals surface area contributed by atoms with Gasteiger partial charge < -0.3 is 10.4 Å². The zero-order valence-corrected chi connectivity index (χ0v) is 11.9. The van der Waals surface area contributed by atoms with Gasteiger partial charge in [0.2, 0.25) is 5.91 Å². The minimum absolute atomic E-state index is 0.180. The first-order valence-corrected chi connectivity index (χ1v) is 6.83. The molecule has 0 aliphatic carbocycles. The van der Waals surface area contributed by atoms with Crippen LogP contribution in [0.4, 0.5) is 8.78 Å². The van der Waals surface area contributed by atoms with Gasteiger partial charge in [0.25, 0.3) is 0 Å². The molecule has 1 amide bonds. The maximum absolute atomic E-state index is 13.0. The predicted octanol–water partition coefficient (Wildman–Crippen LogP) is 2.51. The molecule has 4 nitrogen and oxygen atoms in total. The minimum Gasteiger partial charge on any atom is -0.481 e. The first-order valence-electron chi connectivity index (χ1n) is 6.83. The lowest BCUT2D eigenvalue weighted by Crippen LogP contribution is -2.25. The number of nitrogens with one attached hydrogen (secondary N) is 1. The van der Waals surface area contributed by atoms with E-state index in [9.17, 15) is 18.4 Å². The summed E-state index contributed by atoms with van der Waals surface area (Å²) >= 11 is 0. The van der Waals surface area contributed by atoms with E-state index in [1.807, 2.05) is 0 Å². The van der Waals surface area contributed by atoms with Gasteiger partial charge in [-0.3, -0.25) is 9.59 Å². The number of carboxylic acids is 1. The van der Waals surface area contributed by atoms with Crippen LogP contribution in [0.15, 0.2) is 18.2 Å². The molecule has 1 aromatic rings. The Hall–Kier alpha value is -1.98. The lowest BCUT2D eigenvalue weighted by molar-refractivity contribution is -0.141. The molecular weight excluding hydrogens is 280 g/mol. The molecule has 6 heteroatoms. The first kappa shape index (κ1) is 17.1. The molecule has 0 saturated carbocycles. The van der Waals surface area contributed by atoms with Gasteiger partial charge in [0.15, 0.2) is 11.6 Å². The van der Waals surface area contributed by atoms with E-state index in [1.165, 1.54) is 6.07 Å². The van der Waals surface area contributed by atoms with E-state index in [4.69, 9.17) is 5.11 Å². The average molecular weight is 299 g/mol. The molecule has 0 aliphatic heterocycles. The van der Waals surface area contributed by atoms with Gasteiger partial charge in [0, 0.05) is 13.0 Å². The Labute approximate surface area is 122 Å². The van der Waals surface area contributed by atoms with Crippen molar-refractivity contribution in [3.63, 3.8) is 0 Å². The Morgan fingerprint density at radius 3 is 2.62 bits per heavy atom. The molecule has 21 heavy (non-hydrogen) atoms. The summed E-state index contributed by atoms with van der Waals surface area (Å²) in [7, 11) is 0. The molecule has 116 valence electrons. The van der Waals surface area contributed by atoms with Gasteiger partial charge in [-0.05, 0) is 37.0 Å². The van der Waals surface area contributed by atoms with Gasteiger partial charge in [-0.1, -0.05) is 13.0 Å². The van der Waals surface area contributed by atoms with Crippen molar-refractivity contribution in [2.45, 2.75) is 32.6 Å². The molecule has 0 saturated heterocycles. The Bertz CT molecular complexity index is 506. The maximum atomic E-state index is 13.0. The summed E-state index contributed by atoms with van der Waals surface area (Å²) in [5, 5.41) is 11.4. The topological polar surface area (TPSA) is 66.4 Å². The van der Waals surface area contributed by atoms with Crippen molar-refractivity contribution in [2.75, 3.05) is 6.54 Å². The minimum atomic E-state index is -0.921. The van der Waals surface area contributed by atoms with Crippen LogP contribution < -0.4 is 5.32 Å². The van der Waals surface area contributed by atoms with Crippen molar-refractivity contribution in [2.24, 2.45) is 5.92 Å². The normalized spacial score (nSPS) is 12.0. The Morgan fingerprint density at radius 2 is 2.00 bits per heavy atom. The highest BCUT2D eigenvalue weighted by Gasteiger charge is 2.10. The summed E-state index contributed by atoms with van der Waals surface area (Å²) in [6.07, 6.45) is 1.59. The summed E-state index contributed by atoms with van der Waals surface area (Å²) < 4.78 is 25.7. The molecule has 1 unspecified atom stereocenters. The van der Waals surface area contributed by atoms with E-state index in [0.29, 0.717) is 31.4 Å². The fourth-order valence-corrected chi connectivity index (χ4v) is 1.80. The second-order valence-electron chi connectivity index (χ2n) is 4.98. The highest BCUT2D eigenvalue weighted by molar-refractivity contribution is 5.76. The molecule has 0 aliphatic rings. The Morgan fingerprint density at radius 1 is 1.29 bits per heavy atom. The second kappa shape index (κ2) is 8.34. The van der Waals surface area contributed by atoms with Crippen molar-refractivity contribution in [1.82, 2.24) is 5.32 Å². The van der Waals surface area contributed by atoms with Gasteiger partial charge in [0.05, 0.1) is 5.92 Å². The number of hydrogen-bond acceptors (Lipinski definition) is 2. The third kappa shape index (κ3) is 6.33. The maximum Gasteiger partial charge on any atom is 0.306 e. The fraction of sp³-hybridized carbons (Fsp3) is 0.467. The molecule has 0 heterocycles. The van der Waals surface area contributed by atoms with E-state index in [2.05, 4.69) is 5.32 Å². The zero-order valence-electron chi connectivity index (χ0n) is 11.9. The summed E-state index contributed by atoms with van der Waals surface area (Å²) in [4.78, 5) is 22.1. The molecule has 1 atom stereocenters. The standard InChI is InChI=1S/C15H19F2NO3/c1-10(15(20)21)3-2-8-18-14(19)7-5-11-4-6-12(16)13(17)9-11/h4,6,9-10H,2-3,5,7-8H2,1H3,(H,18,19)(H,20,21). The number of aryl methyl sites for hydroxylation is 1. The van der Waals surface area contributed by atoms with Gasteiger partial charge >= 0.3 is 5.97 Å². The smallest absolute Gasteiger partial charge is 0.306 e. The van der Waals surface area contributed by atoms with Crippen molar-refractivity contribution < 1.29 is 23.5 Å². The number of hydrogen-bond donors (Lipinski definition) is 2. The first-order chi connectivity index (χ1) is 9.90. The Kier molecular flexibility index (Phi) is 6.78. The van der Waals surface area contributed by atoms with Crippen molar-refractivity contribution in [3.05, 3.63) is 35.4 Å². The van der Waals surface area contributed by atoms with E-state index in [0.717, 1.165) is 12.1 Å². The van der Waals surface area contributed by atoms with E-state index in [1.54, 1.807) is 6.92 Å². The van der Waals surface area contributed by atoms with Crippen molar-refractivity contribution in [1.29, 1.82) is 0 Å². The number of halogens is 2. The number of carbonyl (C=O) groups excluding carboxylic acids is 1.